The summed E-state index contributed by atoms with van der Waals surface area (Å²) in [5.41, 5.74) is 1.44. The molecule has 136 valence electrons. The molecule has 1 N–H and O–H groups in total. The van der Waals surface area contributed by atoms with Crippen molar-refractivity contribution in [3.8, 4) is 0 Å². The van der Waals surface area contributed by atoms with Crippen molar-refractivity contribution >= 4 is 22.8 Å². The Morgan fingerprint density at radius 2 is 1.92 bits per heavy atom. The molecule has 1 fully saturated rings. The Balaban J connectivity index is 1.45. The van der Waals surface area contributed by atoms with Crippen LogP contribution in [0.1, 0.15) is 29.0 Å². The van der Waals surface area contributed by atoms with E-state index in [0.717, 1.165) is 48.6 Å². The van der Waals surface area contributed by atoms with Crippen molar-refractivity contribution in [3.05, 3.63) is 30.0 Å². The van der Waals surface area contributed by atoms with Gasteiger partial charge < -0.3 is 10.2 Å². The van der Waals surface area contributed by atoms with Crippen LogP contribution in [0.15, 0.2) is 18.6 Å². The van der Waals surface area contributed by atoms with Gasteiger partial charge in [0.05, 0.1) is 23.3 Å². The fourth-order valence-corrected chi connectivity index (χ4v) is 3.40. The van der Waals surface area contributed by atoms with Gasteiger partial charge in [0.25, 0.3) is 5.91 Å². The SMILES string of the molecule is Cc1nc(N2CCC(NC(=O)c3cnn(C)c3)CC2)c2cnn(C)c2n1. The molecule has 1 saturated heterocycles. The first kappa shape index (κ1) is 16.5. The Labute approximate surface area is 151 Å². The van der Waals surface area contributed by atoms with Crippen LogP contribution in [0, 0.1) is 6.92 Å². The second-order valence-electron chi connectivity index (χ2n) is 6.74. The molecule has 0 bridgehead atoms. The van der Waals surface area contributed by atoms with Gasteiger partial charge in [0.2, 0.25) is 0 Å². The summed E-state index contributed by atoms with van der Waals surface area (Å²) < 4.78 is 3.41. The highest BCUT2D eigenvalue weighted by molar-refractivity contribution is 5.94. The molecule has 1 amide bonds. The van der Waals surface area contributed by atoms with Gasteiger partial charge in [-0.2, -0.15) is 10.2 Å². The summed E-state index contributed by atoms with van der Waals surface area (Å²) in [4.78, 5) is 23.7. The van der Waals surface area contributed by atoms with Crippen LogP contribution < -0.4 is 10.2 Å². The molecule has 3 aromatic heterocycles. The van der Waals surface area contributed by atoms with Crippen LogP contribution in [0.4, 0.5) is 5.82 Å². The van der Waals surface area contributed by atoms with E-state index in [1.807, 2.05) is 20.2 Å². The maximum Gasteiger partial charge on any atom is 0.254 e. The Bertz CT molecular complexity index is 951. The molecule has 4 rings (SSSR count). The van der Waals surface area contributed by atoms with Crippen molar-refractivity contribution in [1.82, 2.24) is 34.8 Å². The molecule has 0 radical (unpaired) electrons. The number of fused-ring (bicyclic) bond motifs is 1. The summed E-state index contributed by atoms with van der Waals surface area (Å²) in [6.07, 6.45) is 6.88. The molecule has 1 aliphatic heterocycles. The molecular formula is C17H22N8O. The highest BCUT2D eigenvalue weighted by atomic mass is 16.1. The normalized spacial score (nSPS) is 15.6. The van der Waals surface area contributed by atoms with E-state index in [4.69, 9.17) is 0 Å². The topological polar surface area (TPSA) is 93.8 Å². The molecule has 0 spiro atoms. The van der Waals surface area contributed by atoms with Gasteiger partial charge in [-0.15, -0.1) is 0 Å². The van der Waals surface area contributed by atoms with Crippen molar-refractivity contribution in [2.75, 3.05) is 18.0 Å². The van der Waals surface area contributed by atoms with Crippen molar-refractivity contribution < 1.29 is 4.79 Å². The molecule has 0 unspecified atom stereocenters. The lowest BCUT2D eigenvalue weighted by atomic mass is 10.0. The highest BCUT2D eigenvalue weighted by Gasteiger charge is 2.24. The van der Waals surface area contributed by atoms with Gasteiger partial charge in [0, 0.05) is 39.4 Å². The van der Waals surface area contributed by atoms with Crippen LogP contribution >= 0.6 is 0 Å². The van der Waals surface area contributed by atoms with Crippen LogP contribution in [0.2, 0.25) is 0 Å². The number of piperidine rings is 1. The average Bonchev–Trinajstić information content (AvgIpc) is 3.22. The number of nitrogens with zero attached hydrogens (tertiary/aromatic N) is 7. The number of aryl methyl sites for hydroxylation is 3. The van der Waals surface area contributed by atoms with Gasteiger partial charge >= 0.3 is 0 Å². The number of aromatic nitrogens is 6. The lowest BCUT2D eigenvalue weighted by molar-refractivity contribution is 0.0931. The molecular weight excluding hydrogens is 332 g/mol. The predicted molar refractivity (Wildman–Crippen MR) is 97.0 cm³/mol. The zero-order chi connectivity index (χ0) is 18.3. The van der Waals surface area contributed by atoms with Crippen molar-refractivity contribution in [1.29, 1.82) is 0 Å². The van der Waals surface area contributed by atoms with Gasteiger partial charge in [-0.1, -0.05) is 0 Å². The fraction of sp³-hybridized carbons (Fsp3) is 0.471. The lowest BCUT2D eigenvalue weighted by Crippen LogP contribution is -2.45. The van der Waals surface area contributed by atoms with Gasteiger partial charge in [0.1, 0.15) is 11.6 Å². The standard InChI is InChI=1S/C17H22N8O/c1-11-20-15-14(9-19-24(15)3)16(21-11)25-6-4-13(5-7-25)22-17(26)12-8-18-23(2)10-12/h8-10,13H,4-7H2,1-3H3,(H,22,26). The Morgan fingerprint density at radius 1 is 1.15 bits per heavy atom. The average molecular weight is 354 g/mol. The molecule has 0 saturated carbocycles. The molecule has 0 aromatic carbocycles. The first-order valence-corrected chi connectivity index (χ1v) is 8.72. The van der Waals surface area contributed by atoms with E-state index in [1.165, 1.54) is 0 Å². The fourth-order valence-electron chi connectivity index (χ4n) is 3.40. The zero-order valence-corrected chi connectivity index (χ0v) is 15.2. The van der Waals surface area contributed by atoms with E-state index in [-0.39, 0.29) is 11.9 Å². The van der Waals surface area contributed by atoms with Crippen LogP contribution in [0.3, 0.4) is 0 Å². The number of amides is 1. The number of nitrogens with one attached hydrogen (secondary N) is 1. The Morgan fingerprint density at radius 3 is 2.62 bits per heavy atom. The van der Waals surface area contributed by atoms with Crippen LogP contribution in [-0.4, -0.2) is 54.6 Å². The van der Waals surface area contributed by atoms with Gasteiger partial charge in [-0.05, 0) is 19.8 Å². The molecule has 3 aromatic rings. The number of hydrogen-bond acceptors (Lipinski definition) is 6. The number of carbonyl (C=O) groups excluding carboxylic acids is 1. The van der Waals surface area contributed by atoms with Crippen molar-refractivity contribution in [2.45, 2.75) is 25.8 Å². The third-order valence-corrected chi connectivity index (χ3v) is 4.78. The van der Waals surface area contributed by atoms with Crippen molar-refractivity contribution in [3.63, 3.8) is 0 Å². The van der Waals surface area contributed by atoms with Crippen LogP contribution in [-0.2, 0) is 14.1 Å². The number of rotatable bonds is 3. The third kappa shape index (κ3) is 3.00. The third-order valence-electron chi connectivity index (χ3n) is 4.78. The second-order valence-corrected chi connectivity index (χ2v) is 6.74. The van der Waals surface area contributed by atoms with E-state index >= 15 is 0 Å². The number of carbonyl (C=O) groups is 1. The smallest absolute Gasteiger partial charge is 0.254 e. The summed E-state index contributed by atoms with van der Waals surface area (Å²) in [6, 6.07) is 0.159. The molecule has 9 nitrogen and oxygen atoms in total. The monoisotopic (exact) mass is 354 g/mol. The van der Waals surface area contributed by atoms with Gasteiger partial charge in [-0.3, -0.25) is 14.2 Å². The first-order chi connectivity index (χ1) is 12.5. The minimum Gasteiger partial charge on any atom is -0.356 e. The second kappa shape index (κ2) is 6.40. The predicted octanol–water partition coefficient (Wildman–Crippen LogP) is 0.804. The summed E-state index contributed by atoms with van der Waals surface area (Å²) in [5, 5.41) is 12.4. The summed E-state index contributed by atoms with van der Waals surface area (Å²) >= 11 is 0. The molecule has 4 heterocycles. The van der Waals surface area contributed by atoms with E-state index in [1.54, 1.807) is 28.8 Å². The molecule has 9 heteroatoms. The van der Waals surface area contributed by atoms with Gasteiger partial charge in [-0.25, -0.2) is 9.97 Å². The van der Waals surface area contributed by atoms with E-state index in [0.29, 0.717) is 5.56 Å². The molecule has 0 aliphatic carbocycles. The molecule has 26 heavy (non-hydrogen) atoms. The molecule has 0 atom stereocenters. The zero-order valence-electron chi connectivity index (χ0n) is 15.2. The number of hydrogen-bond donors (Lipinski definition) is 1. The first-order valence-electron chi connectivity index (χ1n) is 8.72. The Hall–Kier alpha value is -2.97. The van der Waals surface area contributed by atoms with E-state index in [9.17, 15) is 4.79 Å². The van der Waals surface area contributed by atoms with Crippen LogP contribution in [0.5, 0.6) is 0 Å². The van der Waals surface area contributed by atoms with Crippen molar-refractivity contribution in [2.24, 2.45) is 14.1 Å². The summed E-state index contributed by atoms with van der Waals surface area (Å²) in [6.45, 7) is 3.56. The quantitative estimate of drug-likeness (QED) is 0.748. The largest absolute Gasteiger partial charge is 0.356 e. The summed E-state index contributed by atoms with van der Waals surface area (Å²) in [7, 11) is 3.69. The maximum absolute atomic E-state index is 12.3. The minimum atomic E-state index is -0.0657. The summed E-state index contributed by atoms with van der Waals surface area (Å²) in [5.74, 6) is 1.60. The van der Waals surface area contributed by atoms with E-state index < -0.39 is 0 Å². The van der Waals surface area contributed by atoms with Gasteiger partial charge in [0.15, 0.2) is 5.65 Å². The Kier molecular flexibility index (Phi) is 4.06. The highest BCUT2D eigenvalue weighted by Crippen LogP contribution is 2.26. The van der Waals surface area contributed by atoms with Crippen LogP contribution in [0.25, 0.3) is 11.0 Å². The number of anilines is 1. The minimum absolute atomic E-state index is 0.0657. The van der Waals surface area contributed by atoms with E-state index in [2.05, 4.69) is 30.4 Å². The lowest BCUT2D eigenvalue weighted by Gasteiger charge is -2.33. The maximum atomic E-state index is 12.3. The molecule has 1 aliphatic rings.